The molecule has 1 heterocycles. The first-order chi connectivity index (χ1) is 10.3. The fraction of sp³-hybridized carbons (Fsp3) is 0.500. The molecule has 0 saturated heterocycles. The molecule has 0 spiro atoms. The number of hydrogen-bond donors (Lipinski definition) is 1. The van der Waals surface area contributed by atoms with E-state index in [0.29, 0.717) is 17.9 Å². The van der Waals surface area contributed by atoms with Crippen molar-refractivity contribution in [3.05, 3.63) is 53.9 Å². The molecule has 0 bridgehead atoms. The Morgan fingerprint density at radius 1 is 1.24 bits per heavy atom. The second-order valence-electron chi connectivity index (χ2n) is 6.25. The minimum Gasteiger partial charge on any atom is -0.327 e. The maximum atomic E-state index is 6.38. The fourth-order valence-corrected chi connectivity index (χ4v) is 3.54. The Labute approximate surface area is 127 Å². The molecule has 3 atom stereocenters. The highest BCUT2D eigenvalue weighted by atomic mass is 15.3. The Morgan fingerprint density at radius 2 is 2.05 bits per heavy atom. The summed E-state index contributed by atoms with van der Waals surface area (Å²) in [5.74, 6) is 1.23. The highest BCUT2D eigenvalue weighted by molar-refractivity contribution is 5.21. The van der Waals surface area contributed by atoms with Crippen molar-refractivity contribution in [1.29, 1.82) is 0 Å². The average Bonchev–Trinajstić information content (AvgIpc) is 2.98. The van der Waals surface area contributed by atoms with Gasteiger partial charge in [0.2, 0.25) is 0 Å². The first-order valence-electron chi connectivity index (χ1n) is 8.08. The second kappa shape index (κ2) is 6.44. The normalized spacial score (nSPS) is 25.9. The minimum atomic E-state index is 0.329. The lowest BCUT2D eigenvalue weighted by Gasteiger charge is -2.34. The molecule has 1 saturated carbocycles. The van der Waals surface area contributed by atoms with Crippen LogP contribution in [0, 0.1) is 5.92 Å². The highest BCUT2D eigenvalue weighted by Gasteiger charge is 2.29. The van der Waals surface area contributed by atoms with Crippen molar-refractivity contribution in [2.75, 3.05) is 0 Å². The molecule has 1 aromatic carbocycles. The Balaban J connectivity index is 1.69. The number of rotatable bonds is 4. The maximum Gasteiger partial charge on any atom is 0.0521 e. The summed E-state index contributed by atoms with van der Waals surface area (Å²) in [6.07, 6.45) is 8.77. The molecule has 1 aliphatic rings. The second-order valence-corrected chi connectivity index (χ2v) is 6.25. The summed E-state index contributed by atoms with van der Waals surface area (Å²) in [5.41, 5.74) is 9.18. The molecule has 3 rings (SSSR count). The predicted molar refractivity (Wildman–Crippen MR) is 86.1 cm³/mol. The third kappa shape index (κ3) is 3.35. The third-order valence-corrected chi connectivity index (χ3v) is 4.82. The van der Waals surface area contributed by atoms with Gasteiger partial charge in [-0.25, -0.2) is 0 Å². The SMILES string of the molecule is CCn1cc(CC2CC(c3ccccc3)CCC2N)cn1. The lowest BCUT2D eigenvalue weighted by Crippen LogP contribution is -2.36. The van der Waals surface area contributed by atoms with Crippen molar-refractivity contribution in [2.45, 2.75) is 51.1 Å². The first-order valence-corrected chi connectivity index (χ1v) is 8.08. The van der Waals surface area contributed by atoms with E-state index in [1.807, 2.05) is 10.9 Å². The number of aryl methyl sites for hydroxylation is 1. The van der Waals surface area contributed by atoms with Gasteiger partial charge in [-0.2, -0.15) is 5.10 Å². The highest BCUT2D eigenvalue weighted by Crippen LogP contribution is 2.37. The van der Waals surface area contributed by atoms with Crippen LogP contribution in [0.4, 0.5) is 0 Å². The van der Waals surface area contributed by atoms with E-state index in [2.05, 4.69) is 48.6 Å². The molecule has 0 radical (unpaired) electrons. The van der Waals surface area contributed by atoms with Crippen molar-refractivity contribution in [1.82, 2.24) is 9.78 Å². The number of aromatic nitrogens is 2. The van der Waals surface area contributed by atoms with Gasteiger partial charge in [-0.3, -0.25) is 4.68 Å². The summed E-state index contributed by atoms with van der Waals surface area (Å²) < 4.78 is 2.00. The van der Waals surface area contributed by atoms with Crippen LogP contribution in [-0.2, 0) is 13.0 Å². The van der Waals surface area contributed by atoms with E-state index in [1.165, 1.54) is 24.0 Å². The van der Waals surface area contributed by atoms with Crippen molar-refractivity contribution in [3.8, 4) is 0 Å². The van der Waals surface area contributed by atoms with Crippen LogP contribution in [0.1, 0.15) is 43.2 Å². The summed E-state index contributed by atoms with van der Waals surface area (Å²) in [6.45, 7) is 3.05. The molecule has 21 heavy (non-hydrogen) atoms. The van der Waals surface area contributed by atoms with E-state index in [1.54, 1.807) is 0 Å². The Bertz CT molecular complexity index is 561. The zero-order valence-corrected chi connectivity index (χ0v) is 12.8. The van der Waals surface area contributed by atoms with Crippen LogP contribution in [0.25, 0.3) is 0 Å². The smallest absolute Gasteiger partial charge is 0.0521 e. The molecule has 1 aliphatic carbocycles. The number of nitrogens with two attached hydrogens (primary N) is 1. The van der Waals surface area contributed by atoms with E-state index in [4.69, 9.17) is 5.73 Å². The molecule has 0 aliphatic heterocycles. The Hall–Kier alpha value is -1.61. The molecule has 1 aromatic heterocycles. The predicted octanol–water partition coefficient (Wildman–Crippen LogP) is 3.36. The van der Waals surface area contributed by atoms with Crippen molar-refractivity contribution >= 4 is 0 Å². The fourth-order valence-electron chi connectivity index (χ4n) is 3.54. The van der Waals surface area contributed by atoms with Gasteiger partial charge in [-0.15, -0.1) is 0 Å². The van der Waals surface area contributed by atoms with E-state index in [0.717, 1.165) is 19.4 Å². The van der Waals surface area contributed by atoms with Crippen molar-refractivity contribution in [2.24, 2.45) is 11.7 Å². The Morgan fingerprint density at radius 3 is 2.76 bits per heavy atom. The quantitative estimate of drug-likeness (QED) is 0.935. The van der Waals surface area contributed by atoms with Crippen LogP contribution in [0.5, 0.6) is 0 Å². The van der Waals surface area contributed by atoms with Gasteiger partial charge in [-0.1, -0.05) is 30.3 Å². The summed E-state index contributed by atoms with van der Waals surface area (Å²) in [6, 6.07) is 11.2. The van der Waals surface area contributed by atoms with E-state index in [9.17, 15) is 0 Å². The molecule has 0 amide bonds. The monoisotopic (exact) mass is 283 g/mol. The van der Waals surface area contributed by atoms with Crippen LogP contribution in [0.3, 0.4) is 0 Å². The Kier molecular flexibility index (Phi) is 4.39. The molecule has 112 valence electrons. The van der Waals surface area contributed by atoms with Gasteiger partial charge in [0.25, 0.3) is 0 Å². The van der Waals surface area contributed by atoms with Gasteiger partial charge in [0.05, 0.1) is 6.20 Å². The van der Waals surface area contributed by atoms with Crippen LogP contribution < -0.4 is 5.73 Å². The summed E-state index contributed by atoms with van der Waals surface area (Å²) in [7, 11) is 0. The summed E-state index contributed by atoms with van der Waals surface area (Å²) in [4.78, 5) is 0. The number of nitrogens with zero attached hydrogens (tertiary/aromatic N) is 2. The molecule has 3 nitrogen and oxygen atoms in total. The average molecular weight is 283 g/mol. The topological polar surface area (TPSA) is 43.8 Å². The van der Waals surface area contributed by atoms with E-state index >= 15 is 0 Å². The van der Waals surface area contributed by atoms with Gasteiger partial charge >= 0.3 is 0 Å². The summed E-state index contributed by atoms with van der Waals surface area (Å²) >= 11 is 0. The van der Waals surface area contributed by atoms with Gasteiger partial charge in [0.15, 0.2) is 0 Å². The summed E-state index contributed by atoms with van der Waals surface area (Å²) in [5, 5.41) is 4.38. The van der Waals surface area contributed by atoms with Crippen molar-refractivity contribution in [3.63, 3.8) is 0 Å². The largest absolute Gasteiger partial charge is 0.327 e. The third-order valence-electron chi connectivity index (χ3n) is 4.82. The molecular weight excluding hydrogens is 258 g/mol. The zero-order chi connectivity index (χ0) is 14.7. The van der Waals surface area contributed by atoms with Crippen molar-refractivity contribution < 1.29 is 0 Å². The molecule has 3 unspecified atom stereocenters. The molecule has 1 fully saturated rings. The maximum absolute atomic E-state index is 6.38. The standard InChI is InChI=1S/C18H25N3/c1-2-21-13-14(12-20-21)10-17-11-16(8-9-18(17)19)15-6-4-3-5-7-15/h3-7,12-13,16-18H,2,8-11,19H2,1H3. The first kappa shape index (κ1) is 14.3. The van der Waals surface area contributed by atoms with Gasteiger partial charge in [-0.05, 0) is 55.6 Å². The van der Waals surface area contributed by atoms with Gasteiger partial charge < -0.3 is 5.73 Å². The lowest BCUT2D eigenvalue weighted by atomic mass is 9.73. The van der Waals surface area contributed by atoms with Crippen LogP contribution in [0.2, 0.25) is 0 Å². The number of benzene rings is 1. The zero-order valence-electron chi connectivity index (χ0n) is 12.8. The van der Waals surface area contributed by atoms with Crippen LogP contribution in [-0.4, -0.2) is 15.8 Å². The van der Waals surface area contributed by atoms with Crippen LogP contribution in [0.15, 0.2) is 42.7 Å². The van der Waals surface area contributed by atoms with Gasteiger partial charge in [0.1, 0.15) is 0 Å². The molecule has 2 N–H and O–H groups in total. The van der Waals surface area contributed by atoms with E-state index in [-0.39, 0.29) is 0 Å². The number of hydrogen-bond acceptors (Lipinski definition) is 2. The van der Waals surface area contributed by atoms with E-state index < -0.39 is 0 Å². The molecular formula is C18H25N3. The lowest BCUT2D eigenvalue weighted by molar-refractivity contribution is 0.277. The van der Waals surface area contributed by atoms with Gasteiger partial charge in [0, 0.05) is 18.8 Å². The molecule has 2 aromatic rings. The molecule has 3 heteroatoms. The minimum absolute atomic E-state index is 0.329. The van der Waals surface area contributed by atoms with Crippen LogP contribution >= 0.6 is 0 Å².